The summed E-state index contributed by atoms with van der Waals surface area (Å²) in [5, 5.41) is 11.1. The van der Waals surface area contributed by atoms with Crippen molar-refractivity contribution in [2.75, 3.05) is 13.7 Å². The quantitative estimate of drug-likeness (QED) is 0.886. The van der Waals surface area contributed by atoms with Crippen molar-refractivity contribution in [3.63, 3.8) is 0 Å². The van der Waals surface area contributed by atoms with Gasteiger partial charge in [0.25, 0.3) is 0 Å². The Balaban J connectivity index is 0.00000180. The van der Waals surface area contributed by atoms with Gasteiger partial charge < -0.3 is 15.6 Å². The van der Waals surface area contributed by atoms with Crippen LogP contribution in [0.15, 0.2) is 36.4 Å². The van der Waals surface area contributed by atoms with Crippen LogP contribution in [-0.2, 0) is 0 Å². The van der Waals surface area contributed by atoms with Crippen LogP contribution < -0.4 is 10.5 Å². The number of hydrogen-bond acceptors (Lipinski definition) is 3. The standard InChI is InChI=1S/C15H19NO2.ClH/c1-18-14-7-6-11-9-13(5-4-12(11)10-14)15(16)3-2-8-17;/h4-7,9-10,15,17H,2-3,8,16H2,1H3;1H/t15-;/m1./s1. The summed E-state index contributed by atoms with van der Waals surface area (Å²) < 4.78 is 5.20. The van der Waals surface area contributed by atoms with E-state index in [9.17, 15) is 0 Å². The van der Waals surface area contributed by atoms with Crippen molar-refractivity contribution in [3.05, 3.63) is 42.0 Å². The van der Waals surface area contributed by atoms with Crippen LogP contribution >= 0.6 is 12.4 Å². The van der Waals surface area contributed by atoms with E-state index in [1.54, 1.807) is 7.11 Å². The molecule has 3 N–H and O–H groups in total. The molecule has 0 aromatic heterocycles. The lowest BCUT2D eigenvalue weighted by molar-refractivity contribution is 0.280. The topological polar surface area (TPSA) is 55.5 Å². The molecule has 19 heavy (non-hydrogen) atoms. The SMILES string of the molecule is COc1ccc2cc([C@H](N)CCCO)ccc2c1.Cl. The summed E-state index contributed by atoms with van der Waals surface area (Å²) >= 11 is 0. The molecule has 104 valence electrons. The minimum absolute atomic E-state index is 0. The molecule has 0 bridgehead atoms. The molecule has 0 aliphatic rings. The fourth-order valence-corrected chi connectivity index (χ4v) is 2.08. The first-order valence-corrected chi connectivity index (χ1v) is 6.18. The van der Waals surface area contributed by atoms with Crippen molar-refractivity contribution in [2.45, 2.75) is 18.9 Å². The number of ether oxygens (including phenoxy) is 1. The Hall–Kier alpha value is -1.29. The van der Waals surface area contributed by atoms with Gasteiger partial charge in [-0.15, -0.1) is 12.4 Å². The number of methoxy groups -OCH3 is 1. The Kier molecular flexibility index (Phi) is 6.09. The second-order valence-corrected chi connectivity index (χ2v) is 4.44. The van der Waals surface area contributed by atoms with Gasteiger partial charge in [-0.2, -0.15) is 0 Å². The van der Waals surface area contributed by atoms with Crippen molar-refractivity contribution < 1.29 is 9.84 Å². The Bertz CT molecular complexity index is 531. The Morgan fingerprint density at radius 2 is 1.84 bits per heavy atom. The largest absolute Gasteiger partial charge is 0.497 e. The lowest BCUT2D eigenvalue weighted by Crippen LogP contribution is -2.10. The number of halogens is 1. The molecular weight excluding hydrogens is 262 g/mol. The molecule has 2 rings (SSSR count). The van der Waals surface area contributed by atoms with Gasteiger partial charge in [0, 0.05) is 12.6 Å². The number of hydrogen-bond donors (Lipinski definition) is 2. The zero-order valence-corrected chi connectivity index (χ0v) is 11.8. The minimum atomic E-state index is -0.0105. The normalized spacial score (nSPS) is 11.9. The van der Waals surface area contributed by atoms with Crippen LogP contribution in [0.2, 0.25) is 0 Å². The zero-order valence-electron chi connectivity index (χ0n) is 11.0. The average molecular weight is 282 g/mol. The monoisotopic (exact) mass is 281 g/mol. The minimum Gasteiger partial charge on any atom is -0.497 e. The van der Waals surface area contributed by atoms with E-state index in [0.29, 0.717) is 0 Å². The van der Waals surface area contributed by atoms with Crippen molar-refractivity contribution >= 4 is 23.2 Å². The summed E-state index contributed by atoms with van der Waals surface area (Å²) in [6.45, 7) is 0.193. The highest BCUT2D eigenvalue weighted by Gasteiger charge is 2.06. The number of rotatable bonds is 5. The predicted molar refractivity (Wildman–Crippen MR) is 81.0 cm³/mol. The fraction of sp³-hybridized carbons (Fsp3) is 0.333. The van der Waals surface area contributed by atoms with E-state index in [4.69, 9.17) is 15.6 Å². The third kappa shape index (κ3) is 3.83. The Morgan fingerprint density at radius 3 is 2.53 bits per heavy atom. The molecule has 2 aromatic carbocycles. The maximum Gasteiger partial charge on any atom is 0.119 e. The summed E-state index contributed by atoms with van der Waals surface area (Å²) in [6, 6.07) is 12.2. The molecule has 1 atom stereocenters. The Morgan fingerprint density at radius 1 is 1.16 bits per heavy atom. The van der Waals surface area contributed by atoms with Gasteiger partial charge in [0.2, 0.25) is 0 Å². The first kappa shape index (κ1) is 15.8. The molecule has 0 spiro atoms. The smallest absolute Gasteiger partial charge is 0.119 e. The molecule has 0 unspecified atom stereocenters. The third-order valence-corrected chi connectivity index (χ3v) is 3.17. The molecule has 0 saturated heterocycles. The number of benzene rings is 2. The predicted octanol–water partition coefficient (Wildman–Crippen LogP) is 3.04. The van der Waals surface area contributed by atoms with Gasteiger partial charge in [-0.05, 0) is 47.4 Å². The summed E-state index contributed by atoms with van der Waals surface area (Å²) in [6.07, 6.45) is 1.54. The second kappa shape index (κ2) is 7.34. The maximum absolute atomic E-state index is 8.82. The van der Waals surface area contributed by atoms with E-state index in [1.165, 1.54) is 0 Å². The maximum atomic E-state index is 8.82. The van der Waals surface area contributed by atoms with Gasteiger partial charge in [-0.1, -0.05) is 18.2 Å². The van der Waals surface area contributed by atoms with Crippen LogP contribution in [0.1, 0.15) is 24.4 Å². The van der Waals surface area contributed by atoms with Crippen LogP contribution in [0.25, 0.3) is 10.8 Å². The molecule has 0 fully saturated rings. The van der Waals surface area contributed by atoms with E-state index in [0.717, 1.165) is 34.9 Å². The highest BCUT2D eigenvalue weighted by Crippen LogP contribution is 2.25. The van der Waals surface area contributed by atoms with E-state index >= 15 is 0 Å². The van der Waals surface area contributed by atoms with Gasteiger partial charge in [-0.3, -0.25) is 0 Å². The molecule has 0 heterocycles. The molecule has 0 radical (unpaired) electrons. The van der Waals surface area contributed by atoms with Crippen molar-refractivity contribution in [1.29, 1.82) is 0 Å². The molecule has 0 saturated carbocycles. The average Bonchev–Trinajstić information content (AvgIpc) is 2.43. The van der Waals surface area contributed by atoms with Crippen molar-refractivity contribution in [3.8, 4) is 5.75 Å². The number of fused-ring (bicyclic) bond motifs is 1. The molecule has 2 aromatic rings. The van der Waals surface area contributed by atoms with Crippen LogP contribution in [0, 0.1) is 0 Å². The van der Waals surface area contributed by atoms with Crippen molar-refractivity contribution in [2.24, 2.45) is 5.73 Å². The number of aliphatic hydroxyl groups excluding tert-OH is 1. The van der Waals surface area contributed by atoms with Gasteiger partial charge in [0.1, 0.15) is 5.75 Å². The molecule has 3 nitrogen and oxygen atoms in total. The first-order valence-electron chi connectivity index (χ1n) is 6.18. The van der Waals surface area contributed by atoms with E-state index in [1.807, 2.05) is 24.3 Å². The molecule has 0 aliphatic heterocycles. The van der Waals surface area contributed by atoms with Crippen molar-refractivity contribution in [1.82, 2.24) is 0 Å². The summed E-state index contributed by atoms with van der Waals surface area (Å²) in [4.78, 5) is 0. The molecule has 4 heteroatoms. The molecular formula is C15H20ClNO2. The van der Waals surface area contributed by atoms with Gasteiger partial charge in [-0.25, -0.2) is 0 Å². The molecule has 0 aliphatic carbocycles. The number of aliphatic hydroxyl groups is 1. The number of nitrogens with two attached hydrogens (primary N) is 1. The van der Waals surface area contributed by atoms with Crippen LogP contribution in [0.5, 0.6) is 5.75 Å². The van der Waals surface area contributed by atoms with Crippen LogP contribution in [0.3, 0.4) is 0 Å². The van der Waals surface area contributed by atoms with Gasteiger partial charge in [0.05, 0.1) is 7.11 Å². The fourth-order valence-electron chi connectivity index (χ4n) is 2.08. The van der Waals surface area contributed by atoms with Crippen LogP contribution in [0.4, 0.5) is 0 Å². The van der Waals surface area contributed by atoms with Gasteiger partial charge >= 0.3 is 0 Å². The summed E-state index contributed by atoms with van der Waals surface area (Å²) in [7, 11) is 1.67. The molecule has 0 amide bonds. The summed E-state index contributed by atoms with van der Waals surface area (Å²) in [5.74, 6) is 0.861. The lowest BCUT2D eigenvalue weighted by atomic mass is 9.99. The lowest BCUT2D eigenvalue weighted by Gasteiger charge is -2.12. The highest BCUT2D eigenvalue weighted by molar-refractivity contribution is 5.85. The van der Waals surface area contributed by atoms with Gasteiger partial charge in [0.15, 0.2) is 0 Å². The van der Waals surface area contributed by atoms with Crippen LogP contribution in [-0.4, -0.2) is 18.8 Å². The third-order valence-electron chi connectivity index (χ3n) is 3.17. The van der Waals surface area contributed by atoms with E-state index in [-0.39, 0.29) is 25.1 Å². The Labute approximate surface area is 119 Å². The highest BCUT2D eigenvalue weighted by atomic mass is 35.5. The first-order chi connectivity index (χ1) is 8.74. The zero-order chi connectivity index (χ0) is 13.0. The van der Waals surface area contributed by atoms with E-state index < -0.39 is 0 Å². The van der Waals surface area contributed by atoms with E-state index in [2.05, 4.69) is 12.1 Å². The second-order valence-electron chi connectivity index (χ2n) is 4.44. The summed E-state index contributed by atoms with van der Waals surface area (Å²) in [5.41, 5.74) is 7.20.